The molecule has 0 fully saturated rings. The number of hydrogen-bond acceptors (Lipinski definition) is 2. The summed E-state index contributed by atoms with van der Waals surface area (Å²) in [5.74, 6) is -0.562. The predicted octanol–water partition coefficient (Wildman–Crippen LogP) is 2.47. The highest BCUT2D eigenvalue weighted by Crippen LogP contribution is 2.20. The first kappa shape index (κ1) is 11.4. The molecule has 0 spiro atoms. The zero-order valence-electron chi connectivity index (χ0n) is 8.64. The minimum absolute atomic E-state index is 0.177. The maximum atomic E-state index is 10.4. The van der Waals surface area contributed by atoms with Gasteiger partial charge in [-0.25, -0.2) is 0 Å². The van der Waals surface area contributed by atoms with Crippen molar-refractivity contribution in [2.75, 3.05) is 0 Å². The van der Waals surface area contributed by atoms with Gasteiger partial charge in [-0.1, -0.05) is 31.2 Å². The van der Waals surface area contributed by atoms with Crippen molar-refractivity contribution in [3.63, 3.8) is 0 Å². The van der Waals surface area contributed by atoms with Crippen molar-refractivity contribution in [2.45, 2.75) is 25.7 Å². The maximum absolute atomic E-state index is 10.4. The second-order valence-corrected chi connectivity index (χ2v) is 3.62. The highest BCUT2D eigenvalue weighted by molar-refractivity contribution is 5.74. The van der Waals surface area contributed by atoms with Crippen molar-refractivity contribution in [1.82, 2.24) is 0 Å². The summed E-state index contributed by atoms with van der Waals surface area (Å²) in [6, 6.07) is 7.24. The second-order valence-electron chi connectivity index (χ2n) is 3.62. The Morgan fingerprint density at radius 2 is 2.00 bits per heavy atom. The molecule has 15 heavy (non-hydrogen) atoms. The Bertz CT molecular complexity index is 340. The summed E-state index contributed by atoms with van der Waals surface area (Å²) in [6.45, 7) is 1.98. The van der Waals surface area contributed by atoms with Gasteiger partial charge in [0.05, 0.1) is 0 Å². The third-order valence-corrected chi connectivity index (χ3v) is 2.43. The minimum atomic E-state index is -0.772. The van der Waals surface area contributed by atoms with Crippen LogP contribution in [-0.4, -0.2) is 17.4 Å². The molecule has 0 saturated carbocycles. The lowest BCUT2D eigenvalue weighted by Gasteiger charge is -2.10. The molecule has 3 nitrogen and oxygen atoms in total. The van der Waals surface area contributed by atoms with Crippen molar-refractivity contribution >= 4 is 12.3 Å². The molecule has 1 aromatic carbocycles. The predicted molar refractivity (Wildman–Crippen MR) is 57.1 cm³/mol. The summed E-state index contributed by atoms with van der Waals surface area (Å²) < 4.78 is 0. The molecular weight excluding hydrogens is 192 g/mol. The van der Waals surface area contributed by atoms with E-state index in [2.05, 4.69) is 0 Å². The van der Waals surface area contributed by atoms with Crippen LogP contribution in [0, 0.1) is 0 Å². The molecule has 0 aliphatic rings. The highest BCUT2D eigenvalue weighted by atomic mass is 16.4. The number of aliphatic carboxylic acids is 1. The molecule has 1 N–H and O–H groups in total. The number of carboxylic acid groups (broad SMARTS) is 1. The van der Waals surface area contributed by atoms with Gasteiger partial charge in [0.15, 0.2) is 0 Å². The van der Waals surface area contributed by atoms with E-state index in [1.54, 1.807) is 12.1 Å². The van der Waals surface area contributed by atoms with Crippen LogP contribution in [0.3, 0.4) is 0 Å². The summed E-state index contributed by atoms with van der Waals surface area (Å²) in [7, 11) is 0. The van der Waals surface area contributed by atoms with E-state index in [4.69, 9.17) is 5.11 Å². The van der Waals surface area contributed by atoms with Crippen LogP contribution < -0.4 is 0 Å². The first-order valence-corrected chi connectivity index (χ1v) is 4.90. The SMILES string of the molecule is CC(CCC(=O)O)c1ccc(C=O)cc1. The van der Waals surface area contributed by atoms with E-state index in [0.717, 1.165) is 11.8 Å². The van der Waals surface area contributed by atoms with E-state index in [9.17, 15) is 9.59 Å². The quantitative estimate of drug-likeness (QED) is 0.753. The van der Waals surface area contributed by atoms with Crippen molar-refractivity contribution in [3.05, 3.63) is 35.4 Å². The smallest absolute Gasteiger partial charge is 0.303 e. The number of aldehydes is 1. The lowest BCUT2D eigenvalue weighted by atomic mass is 9.95. The molecular formula is C12H14O3. The second kappa shape index (κ2) is 5.29. The topological polar surface area (TPSA) is 54.4 Å². The van der Waals surface area contributed by atoms with Crippen LogP contribution in [0.15, 0.2) is 24.3 Å². The van der Waals surface area contributed by atoms with Crippen molar-refractivity contribution in [1.29, 1.82) is 0 Å². The van der Waals surface area contributed by atoms with E-state index in [1.165, 1.54) is 0 Å². The summed E-state index contributed by atoms with van der Waals surface area (Å²) in [6.07, 6.45) is 1.60. The summed E-state index contributed by atoms with van der Waals surface area (Å²) >= 11 is 0. The number of carboxylic acids is 1. The molecule has 0 saturated heterocycles. The standard InChI is InChI=1S/C12H14O3/c1-9(2-7-12(14)15)11-5-3-10(8-13)4-6-11/h3-6,8-9H,2,7H2,1H3,(H,14,15). The van der Waals surface area contributed by atoms with E-state index in [0.29, 0.717) is 12.0 Å². The average molecular weight is 206 g/mol. The van der Waals surface area contributed by atoms with Crippen molar-refractivity contribution < 1.29 is 14.7 Å². The zero-order chi connectivity index (χ0) is 11.3. The molecule has 1 aromatic rings. The fourth-order valence-corrected chi connectivity index (χ4v) is 1.41. The minimum Gasteiger partial charge on any atom is -0.481 e. The Balaban J connectivity index is 2.61. The van der Waals surface area contributed by atoms with Gasteiger partial charge in [-0.3, -0.25) is 9.59 Å². The van der Waals surface area contributed by atoms with Crippen LogP contribution in [0.4, 0.5) is 0 Å². The molecule has 0 radical (unpaired) electrons. The lowest BCUT2D eigenvalue weighted by Crippen LogP contribution is -2.00. The largest absolute Gasteiger partial charge is 0.481 e. The van der Waals surface area contributed by atoms with Gasteiger partial charge in [0.25, 0.3) is 0 Å². The molecule has 80 valence electrons. The molecule has 1 unspecified atom stereocenters. The van der Waals surface area contributed by atoms with Gasteiger partial charge in [-0.2, -0.15) is 0 Å². The first-order valence-electron chi connectivity index (χ1n) is 4.90. The Kier molecular flexibility index (Phi) is 4.03. The monoisotopic (exact) mass is 206 g/mol. The zero-order valence-corrected chi connectivity index (χ0v) is 8.64. The lowest BCUT2D eigenvalue weighted by molar-refractivity contribution is -0.137. The number of benzene rings is 1. The van der Waals surface area contributed by atoms with Crippen LogP contribution in [0.1, 0.15) is 41.6 Å². The molecule has 3 heteroatoms. The van der Waals surface area contributed by atoms with Gasteiger partial charge in [0, 0.05) is 12.0 Å². The Hall–Kier alpha value is -1.64. The van der Waals surface area contributed by atoms with E-state index in [-0.39, 0.29) is 12.3 Å². The van der Waals surface area contributed by atoms with Crippen LogP contribution in [0.25, 0.3) is 0 Å². The molecule has 0 bridgehead atoms. The molecule has 0 heterocycles. The number of hydrogen-bond donors (Lipinski definition) is 1. The van der Waals surface area contributed by atoms with Gasteiger partial charge in [-0.05, 0) is 17.9 Å². The van der Waals surface area contributed by atoms with E-state index < -0.39 is 5.97 Å². The molecule has 0 aliphatic heterocycles. The first-order chi connectivity index (χ1) is 7.13. The van der Waals surface area contributed by atoms with Gasteiger partial charge in [0.2, 0.25) is 0 Å². The number of carbonyl (C=O) groups is 2. The normalized spacial score (nSPS) is 12.1. The molecule has 0 amide bonds. The van der Waals surface area contributed by atoms with Crippen LogP contribution >= 0.6 is 0 Å². The summed E-state index contributed by atoms with van der Waals surface area (Å²) in [5, 5.41) is 8.55. The van der Waals surface area contributed by atoms with Crippen molar-refractivity contribution in [3.8, 4) is 0 Å². The molecule has 0 aromatic heterocycles. The number of carbonyl (C=O) groups excluding carboxylic acids is 1. The Morgan fingerprint density at radius 3 is 2.47 bits per heavy atom. The Labute approximate surface area is 88.7 Å². The average Bonchev–Trinajstić information content (AvgIpc) is 2.26. The molecule has 0 aliphatic carbocycles. The Morgan fingerprint density at radius 1 is 1.40 bits per heavy atom. The fourth-order valence-electron chi connectivity index (χ4n) is 1.41. The highest BCUT2D eigenvalue weighted by Gasteiger charge is 2.07. The molecule has 1 atom stereocenters. The van der Waals surface area contributed by atoms with Gasteiger partial charge >= 0.3 is 5.97 Å². The fraction of sp³-hybridized carbons (Fsp3) is 0.333. The number of rotatable bonds is 5. The van der Waals surface area contributed by atoms with Gasteiger partial charge in [-0.15, -0.1) is 0 Å². The van der Waals surface area contributed by atoms with E-state index >= 15 is 0 Å². The maximum Gasteiger partial charge on any atom is 0.303 e. The summed E-state index contributed by atoms with van der Waals surface area (Å²) in [4.78, 5) is 20.8. The summed E-state index contributed by atoms with van der Waals surface area (Å²) in [5.41, 5.74) is 1.71. The van der Waals surface area contributed by atoms with E-state index in [1.807, 2.05) is 19.1 Å². The van der Waals surface area contributed by atoms with Crippen LogP contribution in [0.2, 0.25) is 0 Å². The van der Waals surface area contributed by atoms with Crippen molar-refractivity contribution in [2.24, 2.45) is 0 Å². The van der Waals surface area contributed by atoms with Gasteiger partial charge in [0.1, 0.15) is 6.29 Å². The van der Waals surface area contributed by atoms with Crippen LogP contribution in [-0.2, 0) is 4.79 Å². The van der Waals surface area contributed by atoms with Crippen LogP contribution in [0.5, 0.6) is 0 Å². The molecule has 1 rings (SSSR count). The third-order valence-electron chi connectivity index (χ3n) is 2.43. The third kappa shape index (κ3) is 3.54. The van der Waals surface area contributed by atoms with Gasteiger partial charge < -0.3 is 5.11 Å².